The maximum Gasteiger partial charge on any atom is 0.337 e. The average molecular weight is 196 g/mol. The van der Waals surface area contributed by atoms with E-state index in [1.165, 1.54) is 7.11 Å². The Morgan fingerprint density at radius 2 is 2.29 bits per heavy atom. The van der Waals surface area contributed by atoms with Crippen LogP contribution in [0.15, 0.2) is 24.3 Å². The van der Waals surface area contributed by atoms with Crippen LogP contribution in [-0.4, -0.2) is 31.4 Å². The highest BCUT2D eigenvalue weighted by molar-refractivity contribution is 5.89. The van der Waals surface area contributed by atoms with E-state index in [0.717, 1.165) is 0 Å². The van der Waals surface area contributed by atoms with E-state index in [1.807, 2.05) is 0 Å². The Bertz CT molecular complexity index is 309. The van der Waals surface area contributed by atoms with Gasteiger partial charge in [0, 0.05) is 0 Å². The van der Waals surface area contributed by atoms with Crippen molar-refractivity contribution < 1.29 is 19.4 Å². The molecule has 0 spiro atoms. The number of benzene rings is 1. The summed E-state index contributed by atoms with van der Waals surface area (Å²) < 4.78 is 9.68. The lowest BCUT2D eigenvalue weighted by atomic mass is 10.2. The van der Waals surface area contributed by atoms with E-state index in [4.69, 9.17) is 9.84 Å². The largest absolute Gasteiger partial charge is 0.491 e. The van der Waals surface area contributed by atoms with Gasteiger partial charge >= 0.3 is 5.97 Å². The first-order chi connectivity index (χ1) is 6.77. The van der Waals surface area contributed by atoms with Crippen molar-refractivity contribution in [1.29, 1.82) is 0 Å². The molecule has 14 heavy (non-hydrogen) atoms. The summed E-state index contributed by atoms with van der Waals surface area (Å²) >= 11 is 0. The minimum Gasteiger partial charge on any atom is -0.491 e. The van der Waals surface area contributed by atoms with Gasteiger partial charge in [-0.3, -0.25) is 0 Å². The summed E-state index contributed by atoms with van der Waals surface area (Å²) in [5, 5.41) is 8.54. The molecule has 0 fully saturated rings. The van der Waals surface area contributed by atoms with Crippen molar-refractivity contribution in [3.63, 3.8) is 0 Å². The van der Waals surface area contributed by atoms with Crippen LogP contribution >= 0.6 is 0 Å². The van der Waals surface area contributed by atoms with Crippen molar-refractivity contribution in [1.82, 2.24) is 0 Å². The van der Waals surface area contributed by atoms with E-state index in [2.05, 4.69) is 4.74 Å². The molecule has 4 nitrogen and oxygen atoms in total. The van der Waals surface area contributed by atoms with Crippen LogP contribution in [0.1, 0.15) is 10.4 Å². The molecule has 1 aromatic carbocycles. The maximum absolute atomic E-state index is 11.1. The van der Waals surface area contributed by atoms with Crippen LogP contribution in [0, 0.1) is 0 Å². The van der Waals surface area contributed by atoms with Gasteiger partial charge in [-0.2, -0.15) is 0 Å². The number of aliphatic hydroxyl groups is 1. The number of aliphatic hydroxyl groups excluding tert-OH is 1. The highest BCUT2D eigenvalue weighted by Crippen LogP contribution is 2.13. The predicted molar refractivity (Wildman–Crippen MR) is 50.4 cm³/mol. The molecule has 0 aliphatic heterocycles. The molecule has 0 unspecified atom stereocenters. The number of carbonyl (C=O) groups is 1. The molecule has 0 aliphatic rings. The maximum atomic E-state index is 11.1. The third kappa shape index (κ3) is 2.74. The fraction of sp³-hybridized carbons (Fsp3) is 0.300. The number of ether oxygens (including phenoxy) is 2. The van der Waals surface area contributed by atoms with Gasteiger partial charge in [-0.25, -0.2) is 4.79 Å². The molecule has 1 N–H and O–H groups in total. The molecule has 0 bridgehead atoms. The molecule has 0 aromatic heterocycles. The summed E-state index contributed by atoms with van der Waals surface area (Å²) in [4.78, 5) is 11.1. The van der Waals surface area contributed by atoms with Gasteiger partial charge in [0.05, 0.1) is 19.3 Å². The van der Waals surface area contributed by atoms with Gasteiger partial charge in [-0.1, -0.05) is 6.07 Å². The van der Waals surface area contributed by atoms with Crippen molar-refractivity contribution in [3.05, 3.63) is 29.8 Å². The molecule has 0 aliphatic carbocycles. The second-order valence-corrected chi connectivity index (χ2v) is 2.59. The monoisotopic (exact) mass is 196 g/mol. The summed E-state index contributed by atoms with van der Waals surface area (Å²) in [5.74, 6) is 0.140. The average Bonchev–Trinajstić information content (AvgIpc) is 2.25. The molecule has 0 atom stereocenters. The summed E-state index contributed by atoms with van der Waals surface area (Å²) in [6.07, 6.45) is 0. The standard InChI is InChI=1S/C10H12O4/c1-13-10(12)8-3-2-4-9(7-8)14-6-5-11/h2-4,7,11H,5-6H2,1H3. The van der Waals surface area contributed by atoms with E-state index in [-0.39, 0.29) is 13.2 Å². The van der Waals surface area contributed by atoms with Gasteiger partial charge in [-0.05, 0) is 18.2 Å². The van der Waals surface area contributed by atoms with Gasteiger partial charge in [0.1, 0.15) is 12.4 Å². The lowest BCUT2D eigenvalue weighted by Gasteiger charge is -2.05. The molecule has 4 heteroatoms. The van der Waals surface area contributed by atoms with Crippen LogP contribution in [0.4, 0.5) is 0 Å². The van der Waals surface area contributed by atoms with Crippen LogP contribution in [0.2, 0.25) is 0 Å². The molecule has 0 radical (unpaired) electrons. The van der Waals surface area contributed by atoms with Crippen molar-refractivity contribution in [2.24, 2.45) is 0 Å². The molecular formula is C10H12O4. The Morgan fingerprint density at radius 3 is 2.93 bits per heavy atom. The minimum absolute atomic E-state index is 0.0531. The number of hydrogen-bond donors (Lipinski definition) is 1. The molecule has 0 saturated carbocycles. The number of esters is 1. The lowest BCUT2D eigenvalue weighted by Crippen LogP contribution is -2.04. The van der Waals surface area contributed by atoms with Crippen LogP contribution < -0.4 is 4.74 Å². The Balaban J connectivity index is 2.73. The SMILES string of the molecule is COC(=O)c1cccc(OCCO)c1. The number of hydrogen-bond acceptors (Lipinski definition) is 4. The highest BCUT2D eigenvalue weighted by Gasteiger charge is 2.05. The number of methoxy groups -OCH3 is 1. The molecule has 1 rings (SSSR count). The zero-order chi connectivity index (χ0) is 10.4. The van der Waals surface area contributed by atoms with Gasteiger partial charge < -0.3 is 14.6 Å². The Kier molecular flexibility index (Phi) is 3.94. The predicted octanol–water partition coefficient (Wildman–Crippen LogP) is 0.844. The second kappa shape index (κ2) is 5.24. The van der Waals surface area contributed by atoms with Crippen molar-refractivity contribution in [2.75, 3.05) is 20.3 Å². The number of carbonyl (C=O) groups excluding carboxylic acids is 1. The minimum atomic E-state index is -0.403. The molecule has 1 aromatic rings. The van der Waals surface area contributed by atoms with E-state index >= 15 is 0 Å². The van der Waals surface area contributed by atoms with Crippen LogP contribution in [0.3, 0.4) is 0 Å². The zero-order valence-corrected chi connectivity index (χ0v) is 7.90. The van der Waals surface area contributed by atoms with Crippen molar-refractivity contribution >= 4 is 5.97 Å². The lowest BCUT2D eigenvalue weighted by molar-refractivity contribution is 0.0600. The van der Waals surface area contributed by atoms with Gasteiger partial charge in [0.25, 0.3) is 0 Å². The zero-order valence-electron chi connectivity index (χ0n) is 7.90. The molecule has 0 heterocycles. The Morgan fingerprint density at radius 1 is 1.50 bits per heavy atom. The second-order valence-electron chi connectivity index (χ2n) is 2.59. The van der Waals surface area contributed by atoms with Crippen molar-refractivity contribution in [2.45, 2.75) is 0 Å². The van der Waals surface area contributed by atoms with E-state index in [9.17, 15) is 4.79 Å². The fourth-order valence-corrected chi connectivity index (χ4v) is 0.994. The first-order valence-corrected chi connectivity index (χ1v) is 4.20. The van der Waals surface area contributed by atoms with Gasteiger partial charge in [0.2, 0.25) is 0 Å². The molecule has 0 saturated heterocycles. The number of rotatable bonds is 4. The van der Waals surface area contributed by atoms with E-state index in [0.29, 0.717) is 11.3 Å². The van der Waals surface area contributed by atoms with Crippen LogP contribution in [0.25, 0.3) is 0 Å². The first-order valence-electron chi connectivity index (χ1n) is 4.20. The molecular weight excluding hydrogens is 184 g/mol. The van der Waals surface area contributed by atoms with Crippen LogP contribution in [0.5, 0.6) is 5.75 Å². The third-order valence-electron chi connectivity index (χ3n) is 1.62. The van der Waals surface area contributed by atoms with Crippen molar-refractivity contribution in [3.8, 4) is 5.75 Å². The topological polar surface area (TPSA) is 55.8 Å². The summed E-state index contributed by atoms with van der Waals surface area (Å²) in [7, 11) is 1.32. The molecule has 0 amide bonds. The Labute approximate surface area is 82.1 Å². The van der Waals surface area contributed by atoms with E-state index < -0.39 is 5.97 Å². The smallest absolute Gasteiger partial charge is 0.337 e. The summed E-state index contributed by atoms with van der Waals surface area (Å²) in [6, 6.07) is 6.61. The van der Waals surface area contributed by atoms with Crippen LogP contribution in [-0.2, 0) is 4.74 Å². The van der Waals surface area contributed by atoms with Gasteiger partial charge in [-0.15, -0.1) is 0 Å². The normalized spacial score (nSPS) is 9.57. The fourth-order valence-electron chi connectivity index (χ4n) is 0.994. The Hall–Kier alpha value is -1.55. The third-order valence-corrected chi connectivity index (χ3v) is 1.62. The summed E-state index contributed by atoms with van der Waals surface area (Å²) in [6.45, 7) is 0.160. The van der Waals surface area contributed by atoms with E-state index in [1.54, 1.807) is 24.3 Å². The highest BCUT2D eigenvalue weighted by atomic mass is 16.5. The molecule has 76 valence electrons. The summed E-state index contributed by atoms with van der Waals surface area (Å²) in [5.41, 5.74) is 0.433. The quantitative estimate of drug-likeness (QED) is 0.725. The first kappa shape index (κ1) is 10.5. The van der Waals surface area contributed by atoms with Gasteiger partial charge in [0.15, 0.2) is 0 Å².